The molecule has 1 aliphatic carbocycles. The summed E-state index contributed by atoms with van der Waals surface area (Å²) >= 11 is 0. The summed E-state index contributed by atoms with van der Waals surface area (Å²) in [7, 11) is 2.02. The third-order valence-electron chi connectivity index (χ3n) is 2.82. The normalized spacial score (nSPS) is 16.5. The van der Waals surface area contributed by atoms with Crippen LogP contribution in [0.1, 0.15) is 39.0 Å². The summed E-state index contributed by atoms with van der Waals surface area (Å²) in [6.07, 6.45) is 5.82. The van der Waals surface area contributed by atoms with E-state index < -0.39 is 0 Å². The fourth-order valence-electron chi connectivity index (χ4n) is 1.47. The van der Waals surface area contributed by atoms with Crippen LogP contribution in [-0.2, 0) is 4.74 Å². The van der Waals surface area contributed by atoms with E-state index in [4.69, 9.17) is 10.5 Å². The van der Waals surface area contributed by atoms with Crippen molar-refractivity contribution in [2.24, 2.45) is 10.7 Å². The zero-order valence-corrected chi connectivity index (χ0v) is 10.6. The summed E-state index contributed by atoms with van der Waals surface area (Å²) in [5, 5.41) is 0. The first-order chi connectivity index (χ1) is 7.75. The Balaban J connectivity index is 1.97. The molecule has 0 unspecified atom stereocenters. The molecule has 0 aromatic heterocycles. The Kier molecular flexibility index (Phi) is 6.23. The molecule has 1 saturated carbocycles. The molecule has 0 heterocycles. The van der Waals surface area contributed by atoms with Gasteiger partial charge < -0.3 is 15.4 Å². The summed E-state index contributed by atoms with van der Waals surface area (Å²) in [4.78, 5) is 6.42. The minimum atomic E-state index is 0.643. The van der Waals surface area contributed by atoms with E-state index in [-0.39, 0.29) is 0 Å². The van der Waals surface area contributed by atoms with Crippen molar-refractivity contribution in [3.8, 4) is 0 Å². The van der Waals surface area contributed by atoms with Crippen molar-refractivity contribution in [2.75, 3.05) is 26.8 Å². The Hall–Kier alpha value is -0.770. The summed E-state index contributed by atoms with van der Waals surface area (Å²) in [6.45, 7) is 4.61. The lowest BCUT2D eigenvalue weighted by Gasteiger charge is -2.16. The molecule has 4 heteroatoms. The van der Waals surface area contributed by atoms with Gasteiger partial charge in [0, 0.05) is 32.8 Å². The van der Waals surface area contributed by atoms with E-state index in [1.54, 1.807) is 0 Å². The van der Waals surface area contributed by atoms with Gasteiger partial charge in [0.1, 0.15) is 0 Å². The van der Waals surface area contributed by atoms with Gasteiger partial charge in [-0.1, -0.05) is 13.3 Å². The monoisotopic (exact) mass is 227 g/mol. The smallest absolute Gasteiger partial charge is 0.191 e. The predicted molar refractivity (Wildman–Crippen MR) is 67.6 cm³/mol. The first-order valence-electron chi connectivity index (χ1n) is 6.36. The average Bonchev–Trinajstić information content (AvgIpc) is 3.10. The number of hydrogen-bond donors (Lipinski definition) is 1. The molecule has 94 valence electrons. The maximum atomic E-state index is 5.86. The number of nitrogens with zero attached hydrogens (tertiary/aromatic N) is 2. The van der Waals surface area contributed by atoms with Gasteiger partial charge in [-0.05, 0) is 25.7 Å². The Morgan fingerprint density at radius 2 is 2.06 bits per heavy atom. The zero-order valence-electron chi connectivity index (χ0n) is 10.6. The van der Waals surface area contributed by atoms with Gasteiger partial charge in [0.15, 0.2) is 5.96 Å². The van der Waals surface area contributed by atoms with Crippen LogP contribution in [-0.4, -0.2) is 43.7 Å². The Morgan fingerprint density at radius 3 is 2.69 bits per heavy atom. The standard InChI is InChI=1S/C12H25N3O/c1-3-4-9-16-10-5-8-14-12(13)15(2)11-6-7-11/h11H,3-10H2,1-2H3,(H2,13,14). The molecule has 0 aromatic rings. The highest BCUT2D eigenvalue weighted by atomic mass is 16.5. The van der Waals surface area contributed by atoms with E-state index in [0.717, 1.165) is 32.6 Å². The molecule has 0 bridgehead atoms. The molecule has 4 nitrogen and oxygen atoms in total. The van der Waals surface area contributed by atoms with Crippen LogP contribution in [0.25, 0.3) is 0 Å². The molecular weight excluding hydrogens is 202 g/mol. The minimum Gasteiger partial charge on any atom is -0.381 e. The summed E-state index contributed by atoms with van der Waals surface area (Å²) in [5.74, 6) is 0.677. The first-order valence-corrected chi connectivity index (χ1v) is 6.36. The molecule has 0 radical (unpaired) electrons. The molecule has 0 aliphatic heterocycles. The number of unbranched alkanes of at least 4 members (excludes halogenated alkanes) is 1. The van der Waals surface area contributed by atoms with Crippen molar-refractivity contribution < 1.29 is 4.74 Å². The van der Waals surface area contributed by atoms with Crippen LogP contribution in [0.5, 0.6) is 0 Å². The lowest BCUT2D eigenvalue weighted by molar-refractivity contribution is 0.130. The SMILES string of the molecule is CCCCOCCCN=C(N)N(C)C1CC1. The van der Waals surface area contributed by atoms with Crippen molar-refractivity contribution in [1.29, 1.82) is 0 Å². The zero-order chi connectivity index (χ0) is 11.8. The summed E-state index contributed by atoms with van der Waals surface area (Å²) in [5.41, 5.74) is 5.86. The highest BCUT2D eigenvalue weighted by Crippen LogP contribution is 2.24. The predicted octanol–water partition coefficient (Wildman–Crippen LogP) is 1.60. The van der Waals surface area contributed by atoms with E-state index >= 15 is 0 Å². The number of rotatable bonds is 8. The van der Waals surface area contributed by atoms with Crippen LogP contribution in [0.15, 0.2) is 4.99 Å². The van der Waals surface area contributed by atoms with E-state index in [1.165, 1.54) is 19.3 Å². The second kappa shape index (κ2) is 7.49. The van der Waals surface area contributed by atoms with E-state index in [9.17, 15) is 0 Å². The number of aliphatic imine (C=N–C) groups is 1. The fourth-order valence-corrected chi connectivity index (χ4v) is 1.47. The van der Waals surface area contributed by atoms with Gasteiger partial charge in [0.25, 0.3) is 0 Å². The minimum absolute atomic E-state index is 0.643. The summed E-state index contributed by atoms with van der Waals surface area (Å²) in [6, 6.07) is 0.643. The number of ether oxygens (including phenoxy) is 1. The van der Waals surface area contributed by atoms with Crippen LogP contribution in [0.3, 0.4) is 0 Å². The van der Waals surface area contributed by atoms with E-state index in [0.29, 0.717) is 12.0 Å². The number of hydrogen-bond acceptors (Lipinski definition) is 2. The second-order valence-electron chi connectivity index (χ2n) is 4.40. The quantitative estimate of drug-likeness (QED) is 0.389. The first kappa shape index (κ1) is 13.3. The third-order valence-corrected chi connectivity index (χ3v) is 2.82. The van der Waals surface area contributed by atoms with Gasteiger partial charge in [-0.3, -0.25) is 4.99 Å². The highest BCUT2D eigenvalue weighted by Gasteiger charge is 2.27. The molecular formula is C12H25N3O. The lowest BCUT2D eigenvalue weighted by Crippen LogP contribution is -2.35. The molecule has 2 N–H and O–H groups in total. The molecule has 1 rings (SSSR count). The second-order valence-corrected chi connectivity index (χ2v) is 4.40. The molecule has 0 saturated heterocycles. The number of guanidine groups is 1. The Labute approximate surface area is 98.9 Å². The molecule has 1 aliphatic rings. The van der Waals surface area contributed by atoms with Crippen molar-refractivity contribution in [2.45, 2.75) is 45.1 Å². The molecule has 16 heavy (non-hydrogen) atoms. The van der Waals surface area contributed by atoms with Crippen molar-refractivity contribution in [3.63, 3.8) is 0 Å². The molecule has 0 spiro atoms. The molecule has 0 atom stereocenters. The van der Waals surface area contributed by atoms with E-state index in [2.05, 4.69) is 16.8 Å². The van der Waals surface area contributed by atoms with Gasteiger partial charge in [0.2, 0.25) is 0 Å². The Bertz CT molecular complexity index is 214. The molecule has 1 fully saturated rings. The van der Waals surface area contributed by atoms with Crippen molar-refractivity contribution >= 4 is 5.96 Å². The third kappa shape index (κ3) is 5.35. The van der Waals surface area contributed by atoms with E-state index in [1.807, 2.05) is 7.05 Å². The summed E-state index contributed by atoms with van der Waals surface area (Å²) < 4.78 is 5.45. The molecule has 0 amide bonds. The van der Waals surface area contributed by atoms with Crippen LogP contribution < -0.4 is 5.73 Å². The van der Waals surface area contributed by atoms with Gasteiger partial charge >= 0.3 is 0 Å². The van der Waals surface area contributed by atoms with Crippen LogP contribution in [0.2, 0.25) is 0 Å². The van der Waals surface area contributed by atoms with Crippen molar-refractivity contribution in [3.05, 3.63) is 0 Å². The lowest BCUT2D eigenvalue weighted by atomic mass is 10.4. The van der Waals surface area contributed by atoms with Crippen molar-refractivity contribution in [1.82, 2.24) is 4.90 Å². The Morgan fingerprint density at radius 1 is 1.38 bits per heavy atom. The van der Waals surface area contributed by atoms with Crippen LogP contribution in [0, 0.1) is 0 Å². The van der Waals surface area contributed by atoms with Gasteiger partial charge in [0.05, 0.1) is 0 Å². The van der Waals surface area contributed by atoms with Gasteiger partial charge in [-0.2, -0.15) is 0 Å². The maximum absolute atomic E-state index is 5.86. The van der Waals surface area contributed by atoms with Gasteiger partial charge in [-0.25, -0.2) is 0 Å². The van der Waals surface area contributed by atoms with Gasteiger partial charge in [-0.15, -0.1) is 0 Å². The van der Waals surface area contributed by atoms with Crippen LogP contribution in [0.4, 0.5) is 0 Å². The highest BCUT2D eigenvalue weighted by molar-refractivity contribution is 5.78. The average molecular weight is 227 g/mol. The molecule has 0 aromatic carbocycles. The van der Waals surface area contributed by atoms with Crippen LogP contribution >= 0.6 is 0 Å². The number of nitrogens with two attached hydrogens (primary N) is 1. The maximum Gasteiger partial charge on any atom is 0.191 e. The topological polar surface area (TPSA) is 50.9 Å². The fraction of sp³-hybridized carbons (Fsp3) is 0.917. The largest absolute Gasteiger partial charge is 0.381 e.